The third kappa shape index (κ3) is 9.64. The molecule has 0 bridgehead atoms. The summed E-state index contributed by atoms with van der Waals surface area (Å²) in [5, 5.41) is 11.6. The molecule has 2 aromatic rings. The third-order valence-corrected chi connectivity index (χ3v) is 6.35. The first-order chi connectivity index (χ1) is 14.9. The van der Waals surface area contributed by atoms with E-state index in [4.69, 9.17) is 21.4 Å². The summed E-state index contributed by atoms with van der Waals surface area (Å²) < 4.78 is 33.4. The molecular weight excluding hydrogens is 479 g/mol. The number of hydrogen-bond donors (Lipinski definition) is 3. The minimum atomic E-state index is -3.67. The summed E-state index contributed by atoms with van der Waals surface area (Å²) in [5.74, 6) is -0.959. The Morgan fingerprint density at radius 1 is 1.09 bits per heavy atom. The zero-order chi connectivity index (χ0) is 23.9. The van der Waals surface area contributed by atoms with Crippen LogP contribution < -0.4 is 14.8 Å². The van der Waals surface area contributed by atoms with Crippen molar-refractivity contribution < 1.29 is 27.9 Å². The Labute approximate surface area is 221 Å². The Morgan fingerprint density at radius 3 is 2.21 bits per heavy atom. The monoisotopic (exact) mass is 505 g/mol. The van der Waals surface area contributed by atoms with Crippen LogP contribution >= 0.6 is 11.6 Å². The molecule has 0 heterocycles. The predicted octanol–water partition coefficient (Wildman–Crippen LogP) is 2.62. The maximum atomic E-state index is 12.5. The van der Waals surface area contributed by atoms with Crippen LogP contribution in [-0.4, -0.2) is 73.1 Å². The summed E-state index contributed by atoms with van der Waals surface area (Å²) in [6, 6.07) is 12.6. The fraction of sp³-hybridized carbons (Fsp3) is 0.364. The van der Waals surface area contributed by atoms with E-state index < -0.39 is 27.5 Å². The molecule has 1 atom stereocenters. The third-order valence-electron chi connectivity index (χ3n) is 4.49. The van der Waals surface area contributed by atoms with Crippen molar-refractivity contribution in [2.75, 3.05) is 6.54 Å². The van der Waals surface area contributed by atoms with Crippen molar-refractivity contribution in [2.45, 2.75) is 50.2 Å². The molecule has 2 rings (SSSR count). The van der Waals surface area contributed by atoms with Gasteiger partial charge < -0.3 is 15.2 Å². The molecule has 0 saturated carbocycles. The van der Waals surface area contributed by atoms with Crippen molar-refractivity contribution in [3.05, 3.63) is 59.1 Å². The van der Waals surface area contributed by atoms with E-state index in [1.807, 2.05) is 0 Å². The average molecular weight is 506 g/mol. The van der Waals surface area contributed by atoms with Crippen molar-refractivity contribution in [1.82, 2.24) is 10.0 Å². The zero-order valence-corrected chi connectivity index (χ0v) is 22.7. The number of nitrogens with one attached hydrogen (secondary N) is 2. The first kappa shape index (κ1) is 29.4. The minimum absolute atomic E-state index is 0. The Balaban J connectivity index is 0.00000544. The Bertz CT molecular complexity index is 1040. The van der Waals surface area contributed by atoms with Crippen LogP contribution in [0.15, 0.2) is 53.4 Å². The van der Waals surface area contributed by atoms with Crippen molar-refractivity contribution in [3.63, 3.8) is 0 Å². The molecule has 3 N–H and O–H groups in total. The summed E-state index contributed by atoms with van der Waals surface area (Å²) in [4.78, 5) is 22.9. The largest absolute Gasteiger partial charge is 0.481 e. The molecule has 0 aromatic heterocycles. The zero-order valence-electron chi connectivity index (χ0n) is 19.1. The molecule has 1 radical (unpaired) electrons. The molecule has 0 aliphatic rings. The number of carbonyl (C=O) groups is 2. The Hall–Kier alpha value is -1.62. The normalized spacial score (nSPS) is 12.4. The maximum absolute atomic E-state index is 12.5. The van der Waals surface area contributed by atoms with Gasteiger partial charge in [-0.2, -0.15) is 0 Å². The number of carboxylic acid groups (broad SMARTS) is 1. The number of hydrogen-bond acceptors (Lipinski definition) is 5. The van der Waals surface area contributed by atoms with Gasteiger partial charge in [0.25, 0.3) is 5.91 Å². The number of carbonyl (C=O) groups excluding carboxylic acids is 1. The molecule has 175 valence electrons. The van der Waals surface area contributed by atoms with Gasteiger partial charge in [-0.1, -0.05) is 23.7 Å². The first-order valence-corrected chi connectivity index (χ1v) is 11.8. The molecule has 0 aliphatic heterocycles. The van der Waals surface area contributed by atoms with Gasteiger partial charge in [-0.15, -0.1) is 0 Å². The van der Waals surface area contributed by atoms with Gasteiger partial charge in [-0.05, 0) is 69.2 Å². The molecule has 0 saturated heterocycles. The molecule has 33 heavy (non-hydrogen) atoms. The van der Waals surface area contributed by atoms with E-state index in [9.17, 15) is 18.0 Å². The van der Waals surface area contributed by atoms with Gasteiger partial charge in [0.1, 0.15) is 5.75 Å². The van der Waals surface area contributed by atoms with E-state index >= 15 is 0 Å². The quantitative estimate of drug-likeness (QED) is 0.404. The molecule has 0 unspecified atom stereocenters. The maximum Gasteiger partial charge on any atom is 0.305 e. The number of sulfonamides is 1. The Kier molecular flexibility index (Phi) is 11.3. The standard InChI is InChI=1S/C22H27ClN2O6S.Na/c1-15(25-32(29,30)19-10-6-17(23)7-11-19)14-16-4-8-18(9-5-16)31-22(2,3)21(28)24-13-12-20(26)27;/h4-11,15,25H,12-14H2,1-3H3,(H,24,28)(H,26,27);/t15-;/m1./s1. The summed E-state index contributed by atoms with van der Waals surface area (Å²) in [5.41, 5.74) is -0.311. The van der Waals surface area contributed by atoms with Gasteiger partial charge in [0.2, 0.25) is 10.0 Å². The van der Waals surface area contributed by atoms with Crippen molar-refractivity contribution >= 4 is 63.1 Å². The molecule has 8 nitrogen and oxygen atoms in total. The number of benzene rings is 2. The molecule has 0 aliphatic carbocycles. The summed E-state index contributed by atoms with van der Waals surface area (Å²) >= 11 is 5.81. The molecule has 0 spiro atoms. The van der Waals surface area contributed by atoms with Gasteiger partial charge >= 0.3 is 5.97 Å². The Morgan fingerprint density at radius 2 is 1.67 bits per heavy atom. The molecule has 0 fully saturated rings. The van der Waals surface area contributed by atoms with Crippen LogP contribution in [0.1, 0.15) is 32.8 Å². The number of ether oxygens (including phenoxy) is 1. The fourth-order valence-electron chi connectivity index (χ4n) is 2.87. The second kappa shape index (κ2) is 12.7. The van der Waals surface area contributed by atoms with Crippen molar-refractivity contribution in [2.24, 2.45) is 0 Å². The van der Waals surface area contributed by atoms with Crippen LogP contribution in [0.3, 0.4) is 0 Å². The van der Waals surface area contributed by atoms with Gasteiger partial charge in [0.05, 0.1) is 11.3 Å². The van der Waals surface area contributed by atoms with Crippen LogP contribution in [0.2, 0.25) is 5.02 Å². The summed E-state index contributed by atoms with van der Waals surface area (Å²) in [6.07, 6.45) is 0.280. The van der Waals surface area contributed by atoms with Crippen LogP contribution in [0.25, 0.3) is 0 Å². The van der Waals surface area contributed by atoms with E-state index in [1.54, 1.807) is 45.0 Å². The van der Waals surface area contributed by atoms with Crippen molar-refractivity contribution in [3.8, 4) is 5.75 Å². The van der Waals surface area contributed by atoms with E-state index in [0.29, 0.717) is 17.2 Å². The second-order valence-electron chi connectivity index (χ2n) is 7.84. The fourth-order valence-corrected chi connectivity index (χ4v) is 4.24. The van der Waals surface area contributed by atoms with Crippen LogP contribution in [-0.2, 0) is 26.0 Å². The molecule has 11 heteroatoms. The van der Waals surface area contributed by atoms with E-state index in [2.05, 4.69) is 10.0 Å². The predicted molar refractivity (Wildman–Crippen MR) is 127 cm³/mol. The van der Waals surface area contributed by atoms with Crippen LogP contribution in [0.4, 0.5) is 0 Å². The minimum Gasteiger partial charge on any atom is -0.481 e. The average Bonchev–Trinajstić information content (AvgIpc) is 2.68. The van der Waals surface area contributed by atoms with Crippen molar-refractivity contribution in [1.29, 1.82) is 0 Å². The van der Waals surface area contributed by atoms with Gasteiger partial charge in [0.15, 0.2) is 5.60 Å². The van der Waals surface area contributed by atoms with Gasteiger partial charge in [-0.3, -0.25) is 9.59 Å². The smallest absolute Gasteiger partial charge is 0.305 e. The summed E-state index contributed by atoms with van der Waals surface area (Å²) in [7, 11) is -3.67. The van der Waals surface area contributed by atoms with Crippen LogP contribution in [0.5, 0.6) is 5.75 Å². The number of amides is 1. The van der Waals surface area contributed by atoms with Gasteiger partial charge in [-0.25, -0.2) is 13.1 Å². The number of carboxylic acids is 1. The summed E-state index contributed by atoms with van der Waals surface area (Å²) in [6.45, 7) is 4.96. The number of rotatable bonds is 11. The topological polar surface area (TPSA) is 122 Å². The van der Waals surface area contributed by atoms with E-state index in [1.165, 1.54) is 24.3 Å². The molecule has 2 aromatic carbocycles. The first-order valence-electron chi connectivity index (χ1n) is 9.95. The van der Waals surface area contributed by atoms with E-state index in [0.717, 1.165) is 5.56 Å². The number of halogens is 1. The van der Waals surface area contributed by atoms with E-state index in [-0.39, 0.29) is 53.5 Å². The number of aliphatic carboxylic acids is 1. The molecule has 1 amide bonds. The van der Waals surface area contributed by atoms with Gasteiger partial charge in [0, 0.05) is 47.2 Å². The second-order valence-corrected chi connectivity index (χ2v) is 9.99. The SMILES string of the molecule is C[C@H](Cc1ccc(OC(C)(C)C(=O)NCCC(=O)O)cc1)NS(=O)(=O)c1ccc(Cl)cc1.[Na]. The van der Waals surface area contributed by atoms with Crippen LogP contribution in [0, 0.1) is 0 Å². The molecular formula is C22H27ClN2NaO6S.